The SMILES string of the molecule is COc1ccc(C=CC(=O)c2ccc(OC)c3c2OC(C)(C)C=C3)cc1NC(=O)CN. The second kappa shape index (κ2) is 9.06. The molecule has 7 heteroatoms. The molecule has 1 aliphatic rings. The Kier molecular flexibility index (Phi) is 6.46. The molecule has 3 N–H and O–H groups in total. The highest BCUT2D eigenvalue weighted by Gasteiger charge is 2.27. The van der Waals surface area contributed by atoms with E-state index >= 15 is 0 Å². The number of hydrogen-bond donors (Lipinski definition) is 2. The Balaban J connectivity index is 1.91. The maximum Gasteiger partial charge on any atom is 0.238 e. The molecule has 0 aromatic heterocycles. The zero-order valence-corrected chi connectivity index (χ0v) is 18.0. The molecule has 0 saturated carbocycles. The van der Waals surface area contributed by atoms with Crippen LogP contribution in [0.3, 0.4) is 0 Å². The largest absolute Gasteiger partial charge is 0.496 e. The molecular formula is C24H26N2O5. The number of nitrogens with one attached hydrogen (secondary N) is 1. The monoisotopic (exact) mass is 422 g/mol. The van der Waals surface area contributed by atoms with Crippen LogP contribution in [0.1, 0.15) is 35.3 Å². The molecule has 1 amide bonds. The number of ketones is 1. The predicted octanol–water partition coefficient (Wildman–Crippen LogP) is 3.68. The summed E-state index contributed by atoms with van der Waals surface area (Å²) in [6.45, 7) is 3.70. The summed E-state index contributed by atoms with van der Waals surface area (Å²) in [5, 5.41) is 2.68. The third kappa shape index (κ3) is 4.95. The average molecular weight is 422 g/mol. The lowest BCUT2D eigenvalue weighted by atomic mass is 9.97. The van der Waals surface area contributed by atoms with E-state index in [4.69, 9.17) is 19.9 Å². The van der Waals surface area contributed by atoms with Crippen molar-refractivity contribution in [3.8, 4) is 17.2 Å². The molecule has 0 aliphatic carbocycles. The summed E-state index contributed by atoms with van der Waals surface area (Å²) in [5.41, 5.74) is 7.20. The molecule has 7 nitrogen and oxygen atoms in total. The summed E-state index contributed by atoms with van der Waals surface area (Å²) in [4.78, 5) is 24.6. The van der Waals surface area contributed by atoms with Gasteiger partial charge in [0.05, 0.1) is 37.6 Å². The Bertz CT molecular complexity index is 1070. The number of carbonyl (C=O) groups excluding carboxylic acids is 2. The molecule has 162 valence electrons. The summed E-state index contributed by atoms with van der Waals surface area (Å²) in [6, 6.07) is 8.65. The van der Waals surface area contributed by atoms with Gasteiger partial charge < -0.3 is 25.3 Å². The molecule has 0 unspecified atom stereocenters. The molecular weight excluding hydrogens is 396 g/mol. The highest BCUT2D eigenvalue weighted by Crippen LogP contribution is 2.40. The Morgan fingerprint density at radius 1 is 1.13 bits per heavy atom. The number of nitrogens with two attached hydrogens (primary N) is 1. The number of anilines is 1. The third-order valence-electron chi connectivity index (χ3n) is 4.77. The fraction of sp³-hybridized carbons (Fsp3) is 0.250. The van der Waals surface area contributed by atoms with Gasteiger partial charge in [0.25, 0.3) is 0 Å². The number of methoxy groups -OCH3 is 2. The van der Waals surface area contributed by atoms with E-state index in [0.29, 0.717) is 34.1 Å². The molecule has 0 saturated heterocycles. The first-order valence-electron chi connectivity index (χ1n) is 9.77. The van der Waals surface area contributed by atoms with E-state index in [-0.39, 0.29) is 18.2 Å². The van der Waals surface area contributed by atoms with Crippen LogP contribution in [0.25, 0.3) is 12.2 Å². The molecule has 1 aliphatic heterocycles. The van der Waals surface area contributed by atoms with Gasteiger partial charge in [0, 0.05) is 0 Å². The summed E-state index contributed by atoms with van der Waals surface area (Å²) in [6.07, 6.45) is 6.97. The van der Waals surface area contributed by atoms with Gasteiger partial charge in [0.15, 0.2) is 5.78 Å². The van der Waals surface area contributed by atoms with Crippen molar-refractivity contribution in [3.05, 3.63) is 59.2 Å². The molecule has 2 aromatic rings. The van der Waals surface area contributed by atoms with E-state index in [0.717, 1.165) is 5.56 Å². The van der Waals surface area contributed by atoms with Crippen molar-refractivity contribution in [2.24, 2.45) is 5.73 Å². The van der Waals surface area contributed by atoms with Crippen molar-refractivity contribution >= 4 is 29.5 Å². The van der Waals surface area contributed by atoms with Crippen molar-refractivity contribution in [2.45, 2.75) is 19.4 Å². The van der Waals surface area contributed by atoms with Gasteiger partial charge in [0.1, 0.15) is 22.8 Å². The molecule has 2 aromatic carbocycles. The minimum atomic E-state index is -0.538. The van der Waals surface area contributed by atoms with Gasteiger partial charge in [-0.15, -0.1) is 0 Å². The normalized spacial score (nSPS) is 14.0. The first-order valence-corrected chi connectivity index (χ1v) is 9.77. The number of rotatable bonds is 7. The van der Waals surface area contributed by atoms with Gasteiger partial charge >= 0.3 is 0 Å². The van der Waals surface area contributed by atoms with Crippen LogP contribution >= 0.6 is 0 Å². The van der Waals surface area contributed by atoms with Crippen LogP contribution in [-0.2, 0) is 4.79 Å². The lowest BCUT2D eigenvalue weighted by Gasteiger charge is -2.29. The van der Waals surface area contributed by atoms with Crippen LogP contribution in [0.2, 0.25) is 0 Å². The first-order chi connectivity index (χ1) is 14.8. The van der Waals surface area contributed by atoms with E-state index in [2.05, 4.69) is 5.32 Å². The molecule has 0 radical (unpaired) electrons. The van der Waals surface area contributed by atoms with Gasteiger partial charge in [-0.2, -0.15) is 0 Å². The number of allylic oxidation sites excluding steroid dienone is 1. The fourth-order valence-corrected chi connectivity index (χ4v) is 3.19. The topological polar surface area (TPSA) is 99.9 Å². The van der Waals surface area contributed by atoms with E-state index in [9.17, 15) is 9.59 Å². The minimum Gasteiger partial charge on any atom is -0.496 e. The van der Waals surface area contributed by atoms with Crippen molar-refractivity contribution in [1.29, 1.82) is 0 Å². The number of fused-ring (bicyclic) bond motifs is 1. The van der Waals surface area contributed by atoms with Crippen LogP contribution in [0.5, 0.6) is 17.2 Å². The third-order valence-corrected chi connectivity index (χ3v) is 4.77. The molecule has 0 spiro atoms. The number of hydrogen-bond acceptors (Lipinski definition) is 6. The van der Waals surface area contributed by atoms with E-state index in [1.54, 1.807) is 43.5 Å². The van der Waals surface area contributed by atoms with Crippen molar-refractivity contribution in [3.63, 3.8) is 0 Å². The predicted molar refractivity (Wildman–Crippen MR) is 121 cm³/mol. The maximum atomic E-state index is 13.0. The summed E-state index contributed by atoms with van der Waals surface area (Å²) in [5.74, 6) is 1.07. The van der Waals surface area contributed by atoms with Gasteiger partial charge in [-0.05, 0) is 61.9 Å². The van der Waals surface area contributed by atoms with E-state index in [1.807, 2.05) is 26.0 Å². The van der Waals surface area contributed by atoms with Crippen LogP contribution in [0, 0.1) is 0 Å². The molecule has 31 heavy (non-hydrogen) atoms. The smallest absolute Gasteiger partial charge is 0.238 e. The fourth-order valence-electron chi connectivity index (χ4n) is 3.19. The van der Waals surface area contributed by atoms with E-state index in [1.165, 1.54) is 13.2 Å². The number of benzene rings is 2. The Hall–Kier alpha value is -3.58. The van der Waals surface area contributed by atoms with Gasteiger partial charge in [-0.25, -0.2) is 0 Å². The molecule has 0 bridgehead atoms. The van der Waals surface area contributed by atoms with Crippen LogP contribution < -0.4 is 25.3 Å². The van der Waals surface area contributed by atoms with Gasteiger partial charge in [-0.1, -0.05) is 12.1 Å². The van der Waals surface area contributed by atoms with Gasteiger partial charge in [-0.3, -0.25) is 9.59 Å². The maximum absolute atomic E-state index is 13.0. The minimum absolute atomic E-state index is 0.144. The number of ether oxygens (including phenoxy) is 3. The number of amides is 1. The van der Waals surface area contributed by atoms with Crippen molar-refractivity contribution in [1.82, 2.24) is 0 Å². The van der Waals surface area contributed by atoms with Crippen molar-refractivity contribution < 1.29 is 23.8 Å². The van der Waals surface area contributed by atoms with Gasteiger partial charge in [0.2, 0.25) is 5.91 Å². The summed E-state index contributed by atoms with van der Waals surface area (Å²) < 4.78 is 16.7. The molecule has 0 atom stereocenters. The Labute approximate surface area is 181 Å². The second-order valence-electron chi connectivity index (χ2n) is 7.51. The lowest BCUT2D eigenvalue weighted by molar-refractivity contribution is -0.114. The molecule has 0 fully saturated rings. The lowest BCUT2D eigenvalue weighted by Crippen LogP contribution is -2.28. The quantitative estimate of drug-likeness (QED) is 0.522. The van der Waals surface area contributed by atoms with Crippen LogP contribution in [0.15, 0.2) is 42.5 Å². The summed E-state index contributed by atoms with van der Waals surface area (Å²) in [7, 11) is 3.09. The van der Waals surface area contributed by atoms with Crippen molar-refractivity contribution in [2.75, 3.05) is 26.1 Å². The number of carbonyl (C=O) groups is 2. The van der Waals surface area contributed by atoms with E-state index < -0.39 is 5.60 Å². The molecule has 3 rings (SSSR count). The van der Waals surface area contributed by atoms with Crippen LogP contribution in [0.4, 0.5) is 5.69 Å². The zero-order chi connectivity index (χ0) is 22.6. The highest BCUT2D eigenvalue weighted by molar-refractivity contribution is 6.09. The standard InChI is InChI=1S/C24H26N2O5/c1-24(2)12-11-17-20(29-3)10-7-16(23(17)31-24)19(27)8-5-15-6-9-21(30-4)18(13-15)26-22(28)14-25/h5-13H,14,25H2,1-4H3,(H,26,28). The van der Waals surface area contributed by atoms with Crippen LogP contribution in [-0.4, -0.2) is 38.1 Å². The highest BCUT2D eigenvalue weighted by atomic mass is 16.5. The molecule has 1 heterocycles. The summed E-state index contributed by atoms with van der Waals surface area (Å²) >= 11 is 0. The Morgan fingerprint density at radius 2 is 1.84 bits per heavy atom. The average Bonchev–Trinajstić information content (AvgIpc) is 2.75. The first kappa shape index (κ1) is 22.1. The Morgan fingerprint density at radius 3 is 2.52 bits per heavy atom. The zero-order valence-electron chi connectivity index (χ0n) is 18.0. The second-order valence-corrected chi connectivity index (χ2v) is 7.51.